The molecule has 110 valence electrons. The van der Waals surface area contributed by atoms with Crippen molar-refractivity contribution in [2.45, 2.75) is 19.4 Å². The third-order valence-electron chi connectivity index (χ3n) is 3.64. The molecule has 0 radical (unpaired) electrons. The molecule has 0 unspecified atom stereocenters. The normalized spacial score (nSPS) is 17.0. The number of amides is 1. The lowest BCUT2D eigenvalue weighted by Crippen LogP contribution is -2.58. The van der Waals surface area contributed by atoms with Gasteiger partial charge in [-0.25, -0.2) is 0 Å². The molecule has 2 N–H and O–H groups in total. The lowest BCUT2D eigenvalue weighted by molar-refractivity contribution is -0.126. The zero-order chi connectivity index (χ0) is 14.8. The van der Waals surface area contributed by atoms with E-state index in [1.807, 2.05) is 13.8 Å². The van der Waals surface area contributed by atoms with Crippen LogP contribution in [0.1, 0.15) is 13.8 Å². The molecule has 0 atom stereocenters. The summed E-state index contributed by atoms with van der Waals surface area (Å²) >= 11 is 12.0. The number of nitrogens with zero attached hydrogens (tertiary/aromatic N) is 1. The fraction of sp³-hybridized carbons (Fsp3) is 0.500. The lowest BCUT2D eigenvalue weighted by Gasteiger charge is -2.39. The molecular weight excluding hydrogens is 297 g/mol. The standard InChI is InChI=1S/C14H19Cl2N3O/c1-14(2,19-7-5-17-6-8-19)13(20)18-12-9-10(15)3-4-11(12)16/h3-4,9,17H,5-8H2,1-2H3,(H,18,20). The quantitative estimate of drug-likeness (QED) is 0.901. The minimum atomic E-state index is -0.590. The number of carbonyl (C=O) groups excluding carboxylic acids is 1. The van der Waals surface area contributed by atoms with Crippen LogP contribution in [-0.4, -0.2) is 42.5 Å². The second kappa shape index (κ2) is 6.31. The largest absolute Gasteiger partial charge is 0.323 e. The van der Waals surface area contributed by atoms with E-state index in [-0.39, 0.29) is 5.91 Å². The van der Waals surface area contributed by atoms with Crippen LogP contribution >= 0.6 is 23.2 Å². The molecule has 2 rings (SSSR count). The number of anilines is 1. The van der Waals surface area contributed by atoms with Crippen molar-refractivity contribution in [3.05, 3.63) is 28.2 Å². The van der Waals surface area contributed by atoms with Gasteiger partial charge >= 0.3 is 0 Å². The Bertz CT molecular complexity index is 499. The highest BCUT2D eigenvalue weighted by atomic mass is 35.5. The molecule has 1 aromatic carbocycles. The molecule has 1 fully saturated rings. The van der Waals surface area contributed by atoms with Crippen molar-refractivity contribution in [3.8, 4) is 0 Å². The molecule has 1 aliphatic rings. The number of hydrogen-bond donors (Lipinski definition) is 2. The van der Waals surface area contributed by atoms with Crippen LogP contribution in [0.15, 0.2) is 18.2 Å². The molecule has 20 heavy (non-hydrogen) atoms. The van der Waals surface area contributed by atoms with Gasteiger partial charge in [-0.3, -0.25) is 9.69 Å². The average Bonchev–Trinajstić information content (AvgIpc) is 2.43. The van der Waals surface area contributed by atoms with E-state index in [1.165, 1.54) is 0 Å². The van der Waals surface area contributed by atoms with Crippen LogP contribution in [0.4, 0.5) is 5.69 Å². The van der Waals surface area contributed by atoms with Crippen molar-refractivity contribution >= 4 is 34.8 Å². The number of benzene rings is 1. The number of piperazine rings is 1. The maximum Gasteiger partial charge on any atom is 0.244 e. The Labute approximate surface area is 129 Å². The van der Waals surface area contributed by atoms with Gasteiger partial charge in [0.2, 0.25) is 5.91 Å². The molecule has 1 aromatic rings. The number of carbonyl (C=O) groups is 1. The van der Waals surface area contributed by atoms with Crippen LogP contribution < -0.4 is 10.6 Å². The third-order valence-corrected chi connectivity index (χ3v) is 4.20. The summed E-state index contributed by atoms with van der Waals surface area (Å²) in [7, 11) is 0. The molecule has 6 heteroatoms. The van der Waals surface area contributed by atoms with Gasteiger partial charge in [0.05, 0.1) is 16.2 Å². The predicted molar refractivity (Wildman–Crippen MR) is 83.6 cm³/mol. The fourth-order valence-electron chi connectivity index (χ4n) is 2.24. The summed E-state index contributed by atoms with van der Waals surface area (Å²) in [4.78, 5) is 14.7. The Morgan fingerprint density at radius 3 is 2.60 bits per heavy atom. The first kappa shape index (κ1) is 15.6. The van der Waals surface area contributed by atoms with E-state index in [0.29, 0.717) is 15.7 Å². The summed E-state index contributed by atoms with van der Waals surface area (Å²) < 4.78 is 0. The molecule has 1 saturated heterocycles. The van der Waals surface area contributed by atoms with Gasteiger partial charge in [-0.2, -0.15) is 0 Å². The van der Waals surface area contributed by atoms with E-state index in [1.54, 1.807) is 18.2 Å². The van der Waals surface area contributed by atoms with E-state index < -0.39 is 5.54 Å². The molecule has 0 aromatic heterocycles. The second-order valence-corrected chi connectivity index (χ2v) is 6.22. The summed E-state index contributed by atoms with van der Waals surface area (Å²) in [5, 5.41) is 7.18. The van der Waals surface area contributed by atoms with Crippen molar-refractivity contribution in [1.29, 1.82) is 0 Å². The Hall–Kier alpha value is -0.810. The second-order valence-electron chi connectivity index (χ2n) is 5.37. The van der Waals surface area contributed by atoms with Gasteiger partial charge in [0, 0.05) is 31.2 Å². The smallest absolute Gasteiger partial charge is 0.244 e. The third kappa shape index (κ3) is 3.44. The average molecular weight is 316 g/mol. The number of halogens is 2. The lowest BCUT2D eigenvalue weighted by atomic mass is 10.0. The van der Waals surface area contributed by atoms with Crippen molar-refractivity contribution < 1.29 is 4.79 Å². The van der Waals surface area contributed by atoms with Gasteiger partial charge in [-0.1, -0.05) is 23.2 Å². The minimum Gasteiger partial charge on any atom is -0.323 e. The Morgan fingerprint density at radius 2 is 1.95 bits per heavy atom. The van der Waals surface area contributed by atoms with E-state index in [0.717, 1.165) is 26.2 Å². The zero-order valence-corrected chi connectivity index (χ0v) is 13.2. The van der Waals surface area contributed by atoms with Crippen molar-refractivity contribution in [1.82, 2.24) is 10.2 Å². The molecule has 1 heterocycles. The molecule has 0 aliphatic carbocycles. The minimum absolute atomic E-state index is 0.0800. The Kier molecular flexibility index (Phi) is 4.91. The molecule has 0 saturated carbocycles. The summed E-state index contributed by atoms with van der Waals surface area (Å²) in [6.45, 7) is 7.34. The first-order valence-electron chi connectivity index (χ1n) is 6.63. The van der Waals surface area contributed by atoms with Crippen molar-refractivity contribution in [2.75, 3.05) is 31.5 Å². The van der Waals surface area contributed by atoms with E-state index >= 15 is 0 Å². The highest BCUT2D eigenvalue weighted by Gasteiger charge is 2.35. The zero-order valence-electron chi connectivity index (χ0n) is 11.7. The molecular formula is C14H19Cl2N3O. The summed E-state index contributed by atoms with van der Waals surface area (Å²) in [6.07, 6.45) is 0. The van der Waals surface area contributed by atoms with Crippen LogP contribution in [0.2, 0.25) is 10.0 Å². The molecule has 0 bridgehead atoms. The summed E-state index contributed by atoms with van der Waals surface area (Å²) in [5.41, 5.74) is -0.0410. The van der Waals surface area contributed by atoms with Crippen LogP contribution in [0.25, 0.3) is 0 Å². The fourth-order valence-corrected chi connectivity index (χ4v) is 2.57. The number of hydrogen-bond acceptors (Lipinski definition) is 3. The van der Waals surface area contributed by atoms with Crippen LogP contribution in [0.3, 0.4) is 0 Å². The Balaban J connectivity index is 2.11. The molecule has 1 aliphatic heterocycles. The first-order chi connectivity index (χ1) is 9.41. The van der Waals surface area contributed by atoms with Gasteiger partial charge in [-0.15, -0.1) is 0 Å². The summed E-state index contributed by atoms with van der Waals surface area (Å²) in [5.74, 6) is -0.0800. The van der Waals surface area contributed by atoms with Crippen LogP contribution in [0, 0.1) is 0 Å². The summed E-state index contributed by atoms with van der Waals surface area (Å²) in [6, 6.07) is 5.04. The first-order valence-corrected chi connectivity index (χ1v) is 7.39. The van der Waals surface area contributed by atoms with Gasteiger partial charge in [0.1, 0.15) is 0 Å². The maximum atomic E-state index is 12.5. The number of rotatable bonds is 3. The predicted octanol–water partition coefficient (Wildman–Crippen LogP) is 2.62. The van der Waals surface area contributed by atoms with Crippen molar-refractivity contribution in [2.24, 2.45) is 0 Å². The van der Waals surface area contributed by atoms with Gasteiger partial charge in [0.15, 0.2) is 0 Å². The topological polar surface area (TPSA) is 44.4 Å². The van der Waals surface area contributed by atoms with Gasteiger partial charge < -0.3 is 10.6 Å². The van der Waals surface area contributed by atoms with Gasteiger partial charge in [0.25, 0.3) is 0 Å². The monoisotopic (exact) mass is 315 g/mol. The van der Waals surface area contributed by atoms with E-state index in [2.05, 4.69) is 15.5 Å². The molecule has 0 spiro atoms. The number of nitrogens with one attached hydrogen (secondary N) is 2. The molecule has 1 amide bonds. The van der Waals surface area contributed by atoms with Gasteiger partial charge in [-0.05, 0) is 32.0 Å². The maximum absolute atomic E-state index is 12.5. The molecule has 4 nitrogen and oxygen atoms in total. The Morgan fingerprint density at radius 1 is 1.30 bits per heavy atom. The van der Waals surface area contributed by atoms with E-state index in [9.17, 15) is 4.79 Å². The van der Waals surface area contributed by atoms with Crippen LogP contribution in [0.5, 0.6) is 0 Å². The highest BCUT2D eigenvalue weighted by Crippen LogP contribution is 2.27. The van der Waals surface area contributed by atoms with Crippen molar-refractivity contribution in [3.63, 3.8) is 0 Å². The van der Waals surface area contributed by atoms with E-state index in [4.69, 9.17) is 23.2 Å². The highest BCUT2D eigenvalue weighted by molar-refractivity contribution is 6.35. The SMILES string of the molecule is CC(C)(C(=O)Nc1cc(Cl)ccc1Cl)N1CCNCC1. The van der Waals surface area contributed by atoms with Crippen LogP contribution in [-0.2, 0) is 4.79 Å².